The molecular formula is C16H19NO4. The first-order valence-electron chi connectivity index (χ1n) is 6.63. The van der Waals surface area contributed by atoms with Gasteiger partial charge >= 0.3 is 0 Å². The largest absolute Gasteiger partial charge is 0.497 e. The van der Waals surface area contributed by atoms with E-state index in [1.54, 1.807) is 27.2 Å². The molecule has 2 aromatic rings. The lowest BCUT2D eigenvalue weighted by Gasteiger charge is -2.18. The maximum atomic E-state index is 12.2. The van der Waals surface area contributed by atoms with Gasteiger partial charge in [-0.05, 0) is 38.1 Å². The van der Waals surface area contributed by atoms with Crippen LogP contribution in [0.15, 0.2) is 34.9 Å². The number of hydrogen-bond acceptors (Lipinski definition) is 4. The lowest BCUT2D eigenvalue weighted by atomic mass is 10.1. The third-order valence-electron chi connectivity index (χ3n) is 3.35. The number of nitrogens with one attached hydrogen (secondary N) is 1. The Labute approximate surface area is 123 Å². The zero-order valence-corrected chi connectivity index (χ0v) is 12.6. The molecule has 112 valence electrons. The number of methoxy groups -OCH3 is 2. The molecule has 0 aliphatic rings. The molecule has 0 aliphatic carbocycles. The van der Waals surface area contributed by atoms with E-state index < -0.39 is 0 Å². The summed E-state index contributed by atoms with van der Waals surface area (Å²) in [5.74, 6) is 1.83. The molecule has 1 atom stereocenters. The van der Waals surface area contributed by atoms with Gasteiger partial charge < -0.3 is 19.2 Å². The first-order valence-corrected chi connectivity index (χ1v) is 6.63. The first-order chi connectivity index (χ1) is 10.1. The smallest absolute Gasteiger partial charge is 0.255 e. The van der Waals surface area contributed by atoms with Crippen molar-refractivity contribution in [2.24, 2.45) is 0 Å². The topological polar surface area (TPSA) is 60.7 Å². The molecule has 0 saturated carbocycles. The number of aryl methyl sites for hydroxylation is 1. The zero-order chi connectivity index (χ0) is 15.4. The summed E-state index contributed by atoms with van der Waals surface area (Å²) in [5.41, 5.74) is 1.38. The maximum absolute atomic E-state index is 12.2. The minimum Gasteiger partial charge on any atom is -0.497 e. The average Bonchev–Trinajstić information content (AvgIpc) is 2.92. The van der Waals surface area contributed by atoms with Crippen molar-refractivity contribution < 1.29 is 18.7 Å². The van der Waals surface area contributed by atoms with Crippen molar-refractivity contribution in [1.82, 2.24) is 5.32 Å². The molecule has 0 spiro atoms. The second kappa shape index (κ2) is 6.35. The summed E-state index contributed by atoms with van der Waals surface area (Å²) < 4.78 is 15.7. The molecule has 0 bridgehead atoms. The Morgan fingerprint density at radius 1 is 1.24 bits per heavy atom. The van der Waals surface area contributed by atoms with Crippen LogP contribution >= 0.6 is 0 Å². The van der Waals surface area contributed by atoms with Gasteiger partial charge in [0.1, 0.15) is 17.3 Å². The Morgan fingerprint density at radius 3 is 2.57 bits per heavy atom. The fourth-order valence-electron chi connectivity index (χ4n) is 2.15. The highest BCUT2D eigenvalue weighted by molar-refractivity contribution is 5.95. The lowest BCUT2D eigenvalue weighted by Crippen LogP contribution is -2.27. The second-order valence-corrected chi connectivity index (χ2v) is 4.69. The Hall–Kier alpha value is -2.43. The standard InChI is InChI=1S/C16H19NO4/c1-10(17-16(18)13-7-8-21-11(13)2)14-9-12(19-3)5-6-15(14)20-4/h5-10H,1-4H3,(H,17,18)/t10-/m0/s1. The fraction of sp³-hybridized carbons (Fsp3) is 0.312. The van der Waals surface area contributed by atoms with E-state index in [0.717, 1.165) is 5.56 Å². The summed E-state index contributed by atoms with van der Waals surface area (Å²) in [7, 11) is 3.20. The number of amides is 1. The highest BCUT2D eigenvalue weighted by Gasteiger charge is 2.18. The molecule has 1 aromatic carbocycles. The van der Waals surface area contributed by atoms with E-state index in [4.69, 9.17) is 13.9 Å². The van der Waals surface area contributed by atoms with Crippen LogP contribution in [0, 0.1) is 6.92 Å². The van der Waals surface area contributed by atoms with Crippen molar-refractivity contribution in [3.63, 3.8) is 0 Å². The molecule has 1 heterocycles. The predicted molar refractivity (Wildman–Crippen MR) is 78.9 cm³/mol. The number of carbonyl (C=O) groups is 1. The van der Waals surface area contributed by atoms with Crippen molar-refractivity contribution in [1.29, 1.82) is 0 Å². The molecule has 1 amide bonds. The maximum Gasteiger partial charge on any atom is 0.255 e. The Kier molecular flexibility index (Phi) is 4.52. The summed E-state index contributed by atoms with van der Waals surface area (Å²) in [6, 6.07) is 6.92. The van der Waals surface area contributed by atoms with Crippen molar-refractivity contribution in [3.05, 3.63) is 47.4 Å². The molecule has 1 aromatic heterocycles. The van der Waals surface area contributed by atoms with E-state index in [0.29, 0.717) is 22.8 Å². The molecule has 5 nitrogen and oxygen atoms in total. The summed E-state index contributed by atoms with van der Waals surface area (Å²) in [6.45, 7) is 3.65. The van der Waals surface area contributed by atoms with Crippen LogP contribution in [0.5, 0.6) is 11.5 Å². The van der Waals surface area contributed by atoms with Crippen LogP contribution in [0.2, 0.25) is 0 Å². The Balaban J connectivity index is 2.22. The van der Waals surface area contributed by atoms with Gasteiger partial charge in [0.05, 0.1) is 32.1 Å². The molecule has 0 aliphatic heterocycles. The van der Waals surface area contributed by atoms with Gasteiger partial charge in [0.25, 0.3) is 5.91 Å². The number of ether oxygens (including phenoxy) is 2. The van der Waals surface area contributed by atoms with E-state index >= 15 is 0 Å². The molecule has 0 saturated heterocycles. The number of rotatable bonds is 5. The van der Waals surface area contributed by atoms with Gasteiger partial charge in [-0.15, -0.1) is 0 Å². The van der Waals surface area contributed by atoms with Gasteiger partial charge in [0.15, 0.2) is 0 Å². The van der Waals surface area contributed by atoms with E-state index in [1.807, 2.05) is 25.1 Å². The molecule has 21 heavy (non-hydrogen) atoms. The van der Waals surface area contributed by atoms with Gasteiger partial charge in [0, 0.05) is 5.56 Å². The molecule has 0 unspecified atom stereocenters. The van der Waals surface area contributed by atoms with Gasteiger partial charge in [-0.3, -0.25) is 4.79 Å². The van der Waals surface area contributed by atoms with Crippen LogP contribution in [0.3, 0.4) is 0 Å². The summed E-state index contributed by atoms with van der Waals surface area (Å²) in [6.07, 6.45) is 1.50. The number of benzene rings is 1. The van der Waals surface area contributed by atoms with Gasteiger partial charge in [0.2, 0.25) is 0 Å². The van der Waals surface area contributed by atoms with Crippen LogP contribution in [0.1, 0.15) is 34.6 Å². The Bertz CT molecular complexity index is 633. The van der Waals surface area contributed by atoms with Crippen LogP contribution in [-0.4, -0.2) is 20.1 Å². The quantitative estimate of drug-likeness (QED) is 0.918. The molecule has 0 radical (unpaired) electrons. The van der Waals surface area contributed by atoms with Crippen molar-refractivity contribution >= 4 is 5.91 Å². The minimum atomic E-state index is -0.225. The monoisotopic (exact) mass is 289 g/mol. The molecule has 1 N–H and O–H groups in total. The molecule has 0 fully saturated rings. The minimum absolute atomic E-state index is 0.182. The van der Waals surface area contributed by atoms with E-state index in [2.05, 4.69) is 5.32 Å². The third kappa shape index (κ3) is 3.18. The number of furan rings is 1. The predicted octanol–water partition coefficient (Wildman–Crippen LogP) is 3.10. The van der Waals surface area contributed by atoms with E-state index in [-0.39, 0.29) is 11.9 Å². The van der Waals surface area contributed by atoms with Crippen LogP contribution in [0.25, 0.3) is 0 Å². The van der Waals surface area contributed by atoms with Crippen LogP contribution in [-0.2, 0) is 0 Å². The van der Waals surface area contributed by atoms with E-state index in [1.165, 1.54) is 6.26 Å². The van der Waals surface area contributed by atoms with Crippen LogP contribution < -0.4 is 14.8 Å². The SMILES string of the molecule is COc1ccc(OC)c([C@H](C)NC(=O)c2ccoc2C)c1. The zero-order valence-electron chi connectivity index (χ0n) is 12.6. The van der Waals surface area contributed by atoms with Crippen molar-refractivity contribution in [2.75, 3.05) is 14.2 Å². The number of carbonyl (C=O) groups excluding carboxylic acids is 1. The van der Waals surface area contributed by atoms with Gasteiger partial charge in [-0.25, -0.2) is 0 Å². The fourth-order valence-corrected chi connectivity index (χ4v) is 2.15. The Morgan fingerprint density at radius 2 is 2.00 bits per heavy atom. The second-order valence-electron chi connectivity index (χ2n) is 4.69. The molecule has 5 heteroatoms. The summed E-state index contributed by atoms with van der Waals surface area (Å²) in [4.78, 5) is 12.2. The van der Waals surface area contributed by atoms with Crippen LogP contribution in [0.4, 0.5) is 0 Å². The lowest BCUT2D eigenvalue weighted by molar-refractivity contribution is 0.0938. The van der Waals surface area contributed by atoms with Gasteiger partial charge in [-0.1, -0.05) is 0 Å². The summed E-state index contributed by atoms with van der Waals surface area (Å²) in [5, 5.41) is 2.93. The molecular weight excluding hydrogens is 270 g/mol. The normalized spacial score (nSPS) is 11.8. The third-order valence-corrected chi connectivity index (χ3v) is 3.35. The first kappa shape index (κ1) is 15.0. The van der Waals surface area contributed by atoms with Crippen molar-refractivity contribution in [2.45, 2.75) is 19.9 Å². The van der Waals surface area contributed by atoms with Gasteiger partial charge in [-0.2, -0.15) is 0 Å². The highest BCUT2D eigenvalue weighted by atomic mass is 16.5. The number of hydrogen-bond donors (Lipinski definition) is 1. The van der Waals surface area contributed by atoms with E-state index in [9.17, 15) is 4.79 Å². The highest BCUT2D eigenvalue weighted by Crippen LogP contribution is 2.29. The molecule has 2 rings (SSSR count). The summed E-state index contributed by atoms with van der Waals surface area (Å²) >= 11 is 0. The van der Waals surface area contributed by atoms with Crippen molar-refractivity contribution in [3.8, 4) is 11.5 Å². The average molecular weight is 289 g/mol.